The highest BCUT2D eigenvalue weighted by molar-refractivity contribution is 7.91. The van der Waals surface area contributed by atoms with E-state index >= 15 is 0 Å². The van der Waals surface area contributed by atoms with E-state index in [0.29, 0.717) is 16.7 Å². The lowest BCUT2D eigenvalue weighted by molar-refractivity contribution is 0.0910. The third-order valence-corrected chi connectivity index (χ3v) is 6.67. The molecule has 2 N–H and O–H groups in total. The molecule has 0 bridgehead atoms. The lowest BCUT2D eigenvalue weighted by Crippen LogP contribution is -2.47. The monoisotopic (exact) mass is 353 g/mol. The highest BCUT2D eigenvalue weighted by Crippen LogP contribution is 2.27. The Kier molecular flexibility index (Phi) is 7.13. The second kappa shape index (κ2) is 7.92. The number of rotatable bonds is 8. The Bertz CT molecular complexity index is 542. The number of hydrogen-bond donors (Lipinski definition) is 2. The van der Waals surface area contributed by atoms with Crippen molar-refractivity contribution in [3.8, 4) is 0 Å². The van der Waals surface area contributed by atoms with E-state index in [1.54, 1.807) is 6.07 Å². The van der Waals surface area contributed by atoms with Crippen molar-refractivity contribution in [2.24, 2.45) is 11.8 Å². The Labute approximate surface area is 136 Å². The number of halogens is 1. The van der Waals surface area contributed by atoms with Crippen molar-refractivity contribution in [1.82, 2.24) is 4.72 Å². The molecule has 0 spiro atoms. The first-order chi connectivity index (χ1) is 9.67. The van der Waals surface area contributed by atoms with E-state index in [0.717, 1.165) is 17.8 Å². The minimum Gasteiger partial charge on any atom is -0.391 e. The molecule has 1 aromatic heterocycles. The van der Waals surface area contributed by atoms with Crippen LogP contribution in [0.2, 0.25) is 4.34 Å². The summed E-state index contributed by atoms with van der Waals surface area (Å²) in [6, 6.07) is 2.55. The van der Waals surface area contributed by atoms with E-state index in [9.17, 15) is 13.5 Å². The van der Waals surface area contributed by atoms with Crippen molar-refractivity contribution in [2.45, 2.75) is 56.9 Å². The number of sulfonamides is 1. The third-order valence-electron chi connectivity index (χ3n) is 3.49. The first-order valence-electron chi connectivity index (χ1n) is 7.13. The fraction of sp³-hybridized carbons (Fsp3) is 0.714. The Balaban J connectivity index is 2.95. The predicted molar refractivity (Wildman–Crippen MR) is 88.4 cm³/mol. The molecule has 3 atom stereocenters. The first-order valence-corrected chi connectivity index (χ1v) is 9.80. The van der Waals surface area contributed by atoms with Gasteiger partial charge in [0.2, 0.25) is 10.0 Å². The SMILES string of the molecule is CC[C@H](C)C(NS(=O)(=O)c1ccc(Cl)s1)C(O)CC(C)C. The molecule has 0 saturated carbocycles. The van der Waals surface area contributed by atoms with Gasteiger partial charge in [0.1, 0.15) is 4.21 Å². The maximum atomic E-state index is 12.4. The second-order valence-corrected chi connectivity index (χ2v) is 9.44. The van der Waals surface area contributed by atoms with Crippen LogP contribution in [0.1, 0.15) is 40.5 Å². The van der Waals surface area contributed by atoms with Crippen LogP contribution < -0.4 is 4.72 Å². The van der Waals surface area contributed by atoms with E-state index in [-0.39, 0.29) is 10.1 Å². The highest BCUT2D eigenvalue weighted by atomic mass is 35.5. The van der Waals surface area contributed by atoms with Gasteiger partial charge in [0.15, 0.2) is 0 Å². The molecule has 4 nitrogen and oxygen atoms in total. The van der Waals surface area contributed by atoms with Gasteiger partial charge in [0.25, 0.3) is 0 Å². The Morgan fingerprint density at radius 1 is 1.33 bits per heavy atom. The zero-order valence-electron chi connectivity index (χ0n) is 12.8. The van der Waals surface area contributed by atoms with Crippen LogP contribution in [-0.4, -0.2) is 25.7 Å². The molecule has 21 heavy (non-hydrogen) atoms. The van der Waals surface area contributed by atoms with Gasteiger partial charge in [-0.3, -0.25) is 0 Å². The summed E-state index contributed by atoms with van der Waals surface area (Å²) >= 11 is 6.82. The average Bonchev–Trinajstić information content (AvgIpc) is 2.81. The third kappa shape index (κ3) is 5.53. The number of thiophene rings is 1. The Morgan fingerprint density at radius 2 is 1.95 bits per heavy atom. The van der Waals surface area contributed by atoms with Crippen molar-refractivity contribution in [1.29, 1.82) is 0 Å². The summed E-state index contributed by atoms with van der Waals surface area (Å²) in [6.45, 7) is 7.93. The minimum atomic E-state index is -3.65. The molecule has 0 aliphatic rings. The molecule has 122 valence electrons. The number of hydrogen-bond acceptors (Lipinski definition) is 4. The maximum absolute atomic E-state index is 12.4. The maximum Gasteiger partial charge on any atom is 0.250 e. The van der Waals surface area contributed by atoms with Crippen LogP contribution in [0.3, 0.4) is 0 Å². The molecular formula is C14H24ClNO3S2. The number of nitrogens with one attached hydrogen (secondary N) is 1. The molecule has 2 unspecified atom stereocenters. The van der Waals surface area contributed by atoms with Crippen LogP contribution in [0.4, 0.5) is 0 Å². The highest BCUT2D eigenvalue weighted by Gasteiger charge is 2.30. The zero-order valence-corrected chi connectivity index (χ0v) is 15.2. The van der Waals surface area contributed by atoms with Crippen molar-refractivity contribution in [2.75, 3.05) is 0 Å². The molecule has 1 aromatic rings. The summed E-state index contributed by atoms with van der Waals surface area (Å²) in [4.78, 5) is 0. The van der Waals surface area contributed by atoms with Crippen molar-refractivity contribution in [3.05, 3.63) is 16.5 Å². The molecule has 0 amide bonds. The van der Waals surface area contributed by atoms with Gasteiger partial charge in [-0.1, -0.05) is 45.7 Å². The van der Waals surface area contributed by atoms with E-state index in [2.05, 4.69) is 4.72 Å². The molecular weight excluding hydrogens is 330 g/mol. The van der Waals surface area contributed by atoms with Crippen molar-refractivity contribution < 1.29 is 13.5 Å². The van der Waals surface area contributed by atoms with Gasteiger partial charge < -0.3 is 5.11 Å². The van der Waals surface area contributed by atoms with Crippen LogP contribution in [0.25, 0.3) is 0 Å². The molecule has 0 radical (unpaired) electrons. The lowest BCUT2D eigenvalue weighted by atomic mass is 9.91. The standard InChI is InChI=1S/C14H24ClNO3S2/c1-5-10(4)14(11(17)8-9(2)3)16-21(18,19)13-7-6-12(15)20-13/h6-7,9-11,14,16-17H,5,8H2,1-4H3/t10-,11?,14?/m0/s1. The van der Waals surface area contributed by atoms with Crippen LogP contribution in [0.5, 0.6) is 0 Å². The van der Waals surface area contributed by atoms with Gasteiger partial charge in [-0.25, -0.2) is 13.1 Å². The summed E-state index contributed by atoms with van der Waals surface area (Å²) < 4.78 is 28.1. The average molecular weight is 354 g/mol. The molecule has 1 rings (SSSR count). The van der Waals surface area contributed by atoms with Crippen LogP contribution in [0, 0.1) is 11.8 Å². The van der Waals surface area contributed by atoms with Crippen LogP contribution in [-0.2, 0) is 10.0 Å². The minimum absolute atomic E-state index is 0.0453. The molecule has 0 aliphatic heterocycles. The van der Waals surface area contributed by atoms with E-state index in [1.165, 1.54) is 6.07 Å². The summed E-state index contributed by atoms with van der Waals surface area (Å²) in [5.41, 5.74) is 0. The normalized spacial score (nSPS) is 16.9. The fourth-order valence-corrected chi connectivity index (χ4v) is 5.01. The molecule has 7 heteroatoms. The summed E-state index contributed by atoms with van der Waals surface area (Å²) in [5.74, 6) is 0.344. The van der Waals surface area contributed by atoms with Gasteiger partial charge in [-0.05, 0) is 30.4 Å². The topological polar surface area (TPSA) is 66.4 Å². The van der Waals surface area contributed by atoms with Gasteiger partial charge in [-0.2, -0.15) is 0 Å². The summed E-state index contributed by atoms with van der Waals surface area (Å²) in [6.07, 6.45) is 0.640. The summed E-state index contributed by atoms with van der Waals surface area (Å²) in [5, 5.41) is 10.3. The molecule has 0 fully saturated rings. The van der Waals surface area contributed by atoms with Crippen LogP contribution in [0.15, 0.2) is 16.3 Å². The first kappa shape index (κ1) is 18.9. The number of aliphatic hydroxyl groups excluding tert-OH is 1. The number of aliphatic hydroxyl groups is 1. The van der Waals surface area contributed by atoms with Crippen LogP contribution >= 0.6 is 22.9 Å². The lowest BCUT2D eigenvalue weighted by Gasteiger charge is -2.29. The van der Waals surface area contributed by atoms with E-state index in [4.69, 9.17) is 11.6 Å². The zero-order chi connectivity index (χ0) is 16.2. The Morgan fingerprint density at radius 3 is 2.38 bits per heavy atom. The quantitative estimate of drug-likeness (QED) is 0.751. The Hall–Kier alpha value is -0.140. The van der Waals surface area contributed by atoms with Gasteiger partial charge >= 0.3 is 0 Å². The fourth-order valence-electron chi connectivity index (χ4n) is 2.14. The van der Waals surface area contributed by atoms with E-state index in [1.807, 2.05) is 27.7 Å². The second-order valence-electron chi connectivity index (χ2n) is 5.79. The predicted octanol–water partition coefficient (Wildman–Crippen LogP) is 3.50. The smallest absolute Gasteiger partial charge is 0.250 e. The largest absolute Gasteiger partial charge is 0.391 e. The van der Waals surface area contributed by atoms with Crippen molar-refractivity contribution >= 4 is 33.0 Å². The van der Waals surface area contributed by atoms with Gasteiger partial charge in [0, 0.05) is 0 Å². The van der Waals surface area contributed by atoms with Crippen molar-refractivity contribution in [3.63, 3.8) is 0 Å². The van der Waals surface area contributed by atoms with Gasteiger partial charge in [-0.15, -0.1) is 11.3 Å². The van der Waals surface area contributed by atoms with E-state index < -0.39 is 22.2 Å². The summed E-state index contributed by atoms with van der Waals surface area (Å²) in [7, 11) is -3.65. The molecule has 0 aromatic carbocycles. The molecule has 0 aliphatic carbocycles. The van der Waals surface area contributed by atoms with Gasteiger partial charge in [0.05, 0.1) is 16.5 Å². The molecule has 1 heterocycles. The molecule has 0 saturated heterocycles.